The molecule has 0 spiro atoms. The van der Waals surface area contributed by atoms with E-state index in [1.807, 2.05) is 0 Å². The fourth-order valence-electron chi connectivity index (χ4n) is 2.46. The van der Waals surface area contributed by atoms with E-state index in [0.717, 1.165) is 29.9 Å². The Balaban J connectivity index is 1.68. The molecule has 1 amide bonds. The Hall–Kier alpha value is -1.78. The first kappa shape index (κ1) is 16.1. The van der Waals surface area contributed by atoms with E-state index in [9.17, 15) is 13.2 Å². The van der Waals surface area contributed by atoms with Crippen molar-refractivity contribution in [3.05, 3.63) is 28.2 Å². The summed E-state index contributed by atoms with van der Waals surface area (Å²) < 4.78 is 26.7. The molecule has 0 aliphatic carbocycles. The van der Waals surface area contributed by atoms with Crippen molar-refractivity contribution < 1.29 is 13.2 Å². The number of hydrogen-bond donors (Lipinski definition) is 2. The van der Waals surface area contributed by atoms with Crippen LogP contribution < -0.4 is 5.32 Å². The van der Waals surface area contributed by atoms with Crippen LogP contribution in [0.1, 0.15) is 28.2 Å². The van der Waals surface area contributed by atoms with Crippen molar-refractivity contribution in [3.63, 3.8) is 0 Å². The highest BCUT2D eigenvalue weighted by Gasteiger charge is 2.31. The molecule has 0 bridgehead atoms. The molecule has 10 heteroatoms. The third-order valence-electron chi connectivity index (χ3n) is 3.65. The van der Waals surface area contributed by atoms with Crippen LogP contribution in [-0.4, -0.2) is 53.7 Å². The van der Waals surface area contributed by atoms with Crippen LogP contribution in [0.15, 0.2) is 22.5 Å². The van der Waals surface area contributed by atoms with Gasteiger partial charge in [-0.05, 0) is 24.3 Å². The highest BCUT2D eigenvalue weighted by molar-refractivity contribution is 7.89. The Morgan fingerprint density at radius 1 is 1.39 bits per heavy atom. The number of hydrogen-bond acceptors (Lipinski definition) is 6. The monoisotopic (exact) mass is 355 g/mol. The van der Waals surface area contributed by atoms with Gasteiger partial charge >= 0.3 is 0 Å². The minimum Gasteiger partial charge on any atom is -0.351 e. The lowest BCUT2D eigenvalue weighted by molar-refractivity contribution is 0.0955. The van der Waals surface area contributed by atoms with Crippen LogP contribution >= 0.6 is 11.3 Å². The van der Waals surface area contributed by atoms with Crippen molar-refractivity contribution in [2.75, 3.05) is 19.6 Å². The number of aromatic nitrogens is 3. The average molecular weight is 355 g/mol. The first-order valence-corrected chi connectivity index (χ1v) is 9.61. The third-order valence-corrected chi connectivity index (χ3v) is 6.63. The van der Waals surface area contributed by atoms with Gasteiger partial charge in [-0.15, -0.1) is 11.3 Å². The molecular formula is C13H17N5O3S2. The predicted molar refractivity (Wildman–Crippen MR) is 84.7 cm³/mol. The number of amides is 1. The van der Waals surface area contributed by atoms with E-state index in [0.29, 0.717) is 26.1 Å². The molecule has 2 aromatic rings. The highest BCUT2D eigenvalue weighted by atomic mass is 32.2. The molecule has 2 aromatic heterocycles. The van der Waals surface area contributed by atoms with Crippen LogP contribution in [0.5, 0.6) is 0 Å². The number of carbonyl (C=O) groups is 1. The molecule has 1 fully saturated rings. The van der Waals surface area contributed by atoms with E-state index >= 15 is 0 Å². The zero-order valence-electron chi connectivity index (χ0n) is 12.4. The van der Waals surface area contributed by atoms with Gasteiger partial charge in [0.05, 0.1) is 11.9 Å². The molecule has 0 aromatic carbocycles. The highest BCUT2D eigenvalue weighted by Crippen LogP contribution is 2.27. The van der Waals surface area contributed by atoms with Crippen LogP contribution in [0.4, 0.5) is 0 Å². The summed E-state index contributed by atoms with van der Waals surface area (Å²) in [6.45, 7) is 1.41. The summed E-state index contributed by atoms with van der Waals surface area (Å²) in [5.74, 6) is -0.374. The normalized spacial score (nSPS) is 15.8. The van der Waals surface area contributed by atoms with Gasteiger partial charge in [0, 0.05) is 26.1 Å². The van der Waals surface area contributed by atoms with Crippen LogP contribution in [-0.2, 0) is 16.4 Å². The Labute approximate surface area is 137 Å². The van der Waals surface area contributed by atoms with Gasteiger partial charge in [0.1, 0.15) is 9.77 Å². The maximum Gasteiger partial charge on any atom is 0.262 e. The minimum absolute atomic E-state index is 0.100. The SMILES string of the molecule is O=C(NCCc1cn[nH]n1)c1sccc1S(=O)(=O)N1CCCC1. The maximum atomic E-state index is 12.6. The number of sulfonamides is 1. The summed E-state index contributed by atoms with van der Waals surface area (Å²) in [6.07, 6.45) is 3.84. The predicted octanol–water partition coefficient (Wildman–Crippen LogP) is 0.623. The van der Waals surface area contributed by atoms with Gasteiger partial charge < -0.3 is 5.32 Å². The second kappa shape index (κ2) is 6.77. The van der Waals surface area contributed by atoms with E-state index in [1.165, 1.54) is 10.4 Å². The summed E-state index contributed by atoms with van der Waals surface area (Å²) in [7, 11) is -3.58. The summed E-state index contributed by atoms with van der Waals surface area (Å²) in [4.78, 5) is 12.6. The summed E-state index contributed by atoms with van der Waals surface area (Å²) in [5.41, 5.74) is 0.737. The average Bonchev–Trinajstić information content (AvgIpc) is 3.27. The fourth-order valence-corrected chi connectivity index (χ4v) is 5.30. The largest absolute Gasteiger partial charge is 0.351 e. The second-order valence-electron chi connectivity index (χ2n) is 5.19. The van der Waals surface area contributed by atoms with Crippen molar-refractivity contribution in [2.45, 2.75) is 24.2 Å². The molecule has 0 saturated carbocycles. The molecule has 1 aliphatic rings. The fraction of sp³-hybridized carbons (Fsp3) is 0.462. The molecule has 0 radical (unpaired) electrons. The van der Waals surface area contributed by atoms with Crippen molar-refractivity contribution in [3.8, 4) is 0 Å². The van der Waals surface area contributed by atoms with Gasteiger partial charge in [0.15, 0.2) is 0 Å². The molecule has 1 saturated heterocycles. The number of aromatic amines is 1. The van der Waals surface area contributed by atoms with E-state index in [-0.39, 0.29) is 15.7 Å². The van der Waals surface area contributed by atoms with Crippen molar-refractivity contribution in [2.24, 2.45) is 0 Å². The van der Waals surface area contributed by atoms with E-state index < -0.39 is 10.0 Å². The molecule has 3 rings (SSSR count). The quantitative estimate of drug-likeness (QED) is 0.790. The lowest BCUT2D eigenvalue weighted by Crippen LogP contribution is -2.31. The first-order chi connectivity index (χ1) is 11.1. The van der Waals surface area contributed by atoms with Gasteiger partial charge in [0.2, 0.25) is 10.0 Å². The van der Waals surface area contributed by atoms with Gasteiger partial charge in [-0.2, -0.15) is 19.7 Å². The topological polar surface area (TPSA) is 108 Å². The number of H-pyrrole nitrogens is 1. The number of thiophene rings is 1. The molecule has 3 heterocycles. The molecule has 8 nitrogen and oxygen atoms in total. The Morgan fingerprint density at radius 2 is 2.17 bits per heavy atom. The molecule has 2 N–H and O–H groups in total. The zero-order valence-corrected chi connectivity index (χ0v) is 14.0. The van der Waals surface area contributed by atoms with Gasteiger partial charge in [-0.3, -0.25) is 4.79 Å². The van der Waals surface area contributed by atoms with E-state index in [4.69, 9.17) is 0 Å². The van der Waals surface area contributed by atoms with Crippen LogP contribution in [0.2, 0.25) is 0 Å². The lowest BCUT2D eigenvalue weighted by atomic mass is 10.3. The second-order valence-corrected chi connectivity index (χ2v) is 8.01. The molecule has 0 unspecified atom stereocenters. The lowest BCUT2D eigenvalue weighted by Gasteiger charge is -2.15. The molecule has 0 atom stereocenters. The number of nitrogens with zero attached hydrogens (tertiary/aromatic N) is 3. The van der Waals surface area contributed by atoms with E-state index in [2.05, 4.69) is 20.7 Å². The van der Waals surface area contributed by atoms with Crippen molar-refractivity contribution >= 4 is 27.3 Å². The van der Waals surface area contributed by atoms with Gasteiger partial charge in [-0.25, -0.2) is 8.42 Å². The number of rotatable bonds is 6. The Kier molecular flexibility index (Phi) is 4.74. The Morgan fingerprint density at radius 3 is 2.87 bits per heavy atom. The van der Waals surface area contributed by atoms with Crippen LogP contribution in [0.25, 0.3) is 0 Å². The van der Waals surface area contributed by atoms with Crippen molar-refractivity contribution in [1.29, 1.82) is 0 Å². The molecular weight excluding hydrogens is 338 g/mol. The van der Waals surface area contributed by atoms with Crippen LogP contribution in [0.3, 0.4) is 0 Å². The van der Waals surface area contributed by atoms with Gasteiger partial charge in [0.25, 0.3) is 5.91 Å². The van der Waals surface area contributed by atoms with Crippen LogP contribution in [0, 0.1) is 0 Å². The minimum atomic E-state index is -3.58. The summed E-state index contributed by atoms with van der Waals surface area (Å²) in [6, 6.07) is 1.50. The summed E-state index contributed by atoms with van der Waals surface area (Å²) >= 11 is 1.14. The Bertz CT molecular complexity index is 763. The molecule has 23 heavy (non-hydrogen) atoms. The number of carbonyl (C=O) groups excluding carboxylic acids is 1. The van der Waals surface area contributed by atoms with Crippen molar-refractivity contribution in [1.82, 2.24) is 25.0 Å². The maximum absolute atomic E-state index is 12.6. The smallest absolute Gasteiger partial charge is 0.262 e. The first-order valence-electron chi connectivity index (χ1n) is 7.29. The zero-order chi connectivity index (χ0) is 16.3. The van der Waals surface area contributed by atoms with Gasteiger partial charge in [-0.1, -0.05) is 0 Å². The third kappa shape index (κ3) is 3.43. The molecule has 124 valence electrons. The summed E-state index contributed by atoms with van der Waals surface area (Å²) in [5, 5.41) is 14.5. The van der Waals surface area contributed by atoms with E-state index in [1.54, 1.807) is 11.6 Å². The number of nitrogens with one attached hydrogen (secondary N) is 2. The molecule has 1 aliphatic heterocycles. The standard InChI is InChI=1S/C13H17N5O3S2/c19-13(14-5-3-10-9-15-17-16-10)12-11(4-8-22-12)23(20,21)18-6-1-2-7-18/h4,8-9H,1-3,5-7H2,(H,14,19)(H,15,16,17).